The Morgan fingerprint density at radius 1 is 1.07 bits per heavy atom. The molecule has 0 saturated carbocycles. The van der Waals surface area contributed by atoms with Gasteiger partial charge >= 0.3 is 0 Å². The summed E-state index contributed by atoms with van der Waals surface area (Å²) >= 11 is 0. The molecule has 2 aliphatic rings. The largest absolute Gasteiger partial charge is 0.491 e. The molecule has 1 aliphatic heterocycles. The van der Waals surface area contributed by atoms with Crippen molar-refractivity contribution in [1.29, 1.82) is 0 Å². The van der Waals surface area contributed by atoms with Gasteiger partial charge < -0.3 is 10.1 Å². The Bertz CT molecular complexity index is 821. The Labute approximate surface area is 163 Å². The van der Waals surface area contributed by atoms with Crippen LogP contribution in [0.2, 0.25) is 0 Å². The summed E-state index contributed by atoms with van der Waals surface area (Å²) < 4.78 is 6.07. The average molecular weight is 362 g/mol. The average Bonchev–Trinajstić information content (AvgIpc) is 3.17. The second-order valence-corrected chi connectivity index (χ2v) is 8.38. The maximum Gasteiger partial charge on any atom is 0.120 e. The molecule has 0 fully saturated rings. The van der Waals surface area contributed by atoms with E-state index >= 15 is 0 Å². The molecule has 0 spiro atoms. The molecule has 0 aromatic heterocycles. The summed E-state index contributed by atoms with van der Waals surface area (Å²) in [5, 5.41) is 3.83. The third kappa shape index (κ3) is 3.50. The standard InChI is InChI=1S/C25H31NO/c1-5-17(4)27-20-13-14-24-23(15-20)21-7-6-8-22(21)25(26-24)19-11-9-18(10-12-19)16(2)3/h6-7,9-17,21-22,25-26H,5,8H2,1-4H3. The zero-order chi connectivity index (χ0) is 19.0. The van der Waals surface area contributed by atoms with Crippen LogP contribution in [0, 0.1) is 5.92 Å². The fraction of sp³-hybridized carbons (Fsp3) is 0.440. The SMILES string of the molecule is CCC(C)Oc1ccc2c(c1)C1C=CCC1C(c1ccc(C(C)C)cc1)N2. The molecule has 2 aromatic carbocycles. The number of benzene rings is 2. The minimum Gasteiger partial charge on any atom is -0.491 e. The Morgan fingerprint density at radius 2 is 1.85 bits per heavy atom. The van der Waals surface area contributed by atoms with E-state index in [0.717, 1.165) is 18.6 Å². The highest BCUT2D eigenvalue weighted by molar-refractivity contribution is 5.61. The second-order valence-electron chi connectivity index (χ2n) is 8.38. The molecular weight excluding hydrogens is 330 g/mol. The first kappa shape index (κ1) is 18.2. The van der Waals surface area contributed by atoms with Crippen molar-refractivity contribution in [2.24, 2.45) is 5.92 Å². The zero-order valence-electron chi connectivity index (χ0n) is 16.9. The molecule has 4 unspecified atom stereocenters. The number of hydrogen-bond acceptors (Lipinski definition) is 2. The van der Waals surface area contributed by atoms with E-state index in [4.69, 9.17) is 4.74 Å². The molecule has 0 bridgehead atoms. The highest BCUT2D eigenvalue weighted by Crippen LogP contribution is 2.50. The molecular formula is C25H31NO. The Kier molecular flexibility index (Phi) is 4.99. The molecule has 2 nitrogen and oxygen atoms in total. The molecule has 2 heteroatoms. The van der Waals surface area contributed by atoms with E-state index in [1.807, 2.05) is 0 Å². The van der Waals surface area contributed by atoms with Gasteiger partial charge in [0.1, 0.15) is 5.75 Å². The topological polar surface area (TPSA) is 21.3 Å². The van der Waals surface area contributed by atoms with Crippen molar-refractivity contribution in [3.63, 3.8) is 0 Å². The van der Waals surface area contributed by atoms with Gasteiger partial charge in [-0.15, -0.1) is 0 Å². The predicted molar refractivity (Wildman–Crippen MR) is 114 cm³/mol. The summed E-state index contributed by atoms with van der Waals surface area (Å²) in [6, 6.07) is 16.1. The molecule has 142 valence electrons. The molecule has 1 N–H and O–H groups in total. The third-order valence-corrected chi connectivity index (χ3v) is 6.21. The van der Waals surface area contributed by atoms with Crippen molar-refractivity contribution in [2.45, 2.75) is 64.5 Å². The number of hydrogen-bond donors (Lipinski definition) is 1. The molecule has 0 radical (unpaired) electrons. The highest BCUT2D eigenvalue weighted by Gasteiger charge is 2.38. The first-order valence-electron chi connectivity index (χ1n) is 10.4. The van der Waals surface area contributed by atoms with E-state index in [9.17, 15) is 0 Å². The van der Waals surface area contributed by atoms with Crippen molar-refractivity contribution in [1.82, 2.24) is 0 Å². The van der Waals surface area contributed by atoms with Gasteiger partial charge in [-0.1, -0.05) is 57.2 Å². The molecule has 27 heavy (non-hydrogen) atoms. The van der Waals surface area contributed by atoms with E-state index in [1.165, 1.54) is 22.4 Å². The van der Waals surface area contributed by atoms with Gasteiger partial charge in [0.25, 0.3) is 0 Å². The number of ether oxygens (including phenoxy) is 1. The summed E-state index contributed by atoms with van der Waals surface area (Å²) in [4.78, 5) is 0. The Balaban J connectivity index is 1.64. The number of nitrogens with one attached hydrogen (secondary N) is 1. The van der Waals surface area contributed by atoms with Crippen LogP contribution < -0.4 is 10.1 Å². The van der Waals surface area contributed by atoms with Crippen molar-refractivity contribution in [3.05, 3.63) is 71.3 Å². The number of allylic oxidation sites excluding steroid dienone is 2. The summed E-state index contributed by atoms with van der Waals surface area (Å²) in [7, 11) is 0. The number of fused-ring (bicyclic) bond motifs is 3. The molecule has 0 amide bonds. The molecule has 2 aromatic rings. The van der Waals surface area contributed by atoms with Crippen molar-refractivity contribution < 1.29 is 4.74 Å². The summed E-state index contributed by atoms with van der Waals surface area (Å²) in [6.45, 7) is 8.79. The van der Waals surface area contributed by atoms with Crippen LogP contribution in [0.15, 0.2) is 54.6 Å². The van der Waals surface area contributed by atoms with Crippen LogP contribution in [0.4, 0.5) is 5.69 Å². The minimum absolute atomic E-state index is 0.252. The second kappa shape index (κ2) is 7.42. The highest BCUT2D eigenvalue weighted by atomic mass is 16.5. The lowest BCUT2D eigenvalue weighted by molar-refractivity contribution is 0.217. The van der Waals surface area contributed by atoms with E-state index in [0.29, 0.717) is 23.8 Å². The quantitative estimate of drug-likeness (QED) is 0.590. The van der Waals surface area contributed by atoms with Crippen LogP contribution >= 0.6 is 0 Å². The lowest BCUT2D eigenvalue weighted by Gasteiger charge is -2.38. The van der Waals surface area contributed by atoms with Crippen LogP contribution in [0.25, 0.3) is 0 Å². The van der Waals surface area contributed by atoms with Gasteiger partial charge in [0, 0.05) is 11.6 Å². The van der Waals surface area contributed by atoms with Gasteiger partial charge in [-0.2, -0.15) is 0 Å². The van der Waals surface area contributed by atoms with E-state index in [2.05, 4.69) is 87.6 Å². The molecule has 4 rings (SSSR count). The van der Waals surface area contributed by atoms with Gasteiger partial charge in [0.15, 0.2) is 0 Å². The lowest BCUT2D eigenvalue weighted by Crippen LogP contribution is -2.29. The van der Waals surface area contributed by atoms with Crippen LogP contribution in [-0.4, -0.2) is 6.10 Å². The van der Waals surface area contributed by atoms with Crippen LogP contribution in [0.3, 0.4) is 0 Å². The lowest BCUT2D eigenvalue weighted by atomic mass is 9.77. The Hall–Kier alpha value is -2.22. The van der Waals surface area contributed by atoms with Gasteiger partial charge in [-0.25, -0.2) is 0 Å². The van der Waals surface area contributed by atoms with E-state index in [1.54, 1.807) is 0 Å². The first-order valence-corrected chi connectivity index (χ1v) is 10.4. The maximum absolute atomic E-state index is 6.07. The zero-order valence-corrected chi connectivity index (χ0v) is 16.9. The molecule has 4 atom stereocenters. The minimum atomic E-state index is 0.252. The molecule has 1 heterocycles. The van der Waals surface area contributed by atoms with Crippen molar-refractivity contribution in [3.8, 4) is 5.75 Å². The fourth-order valence-electron chi connectivity index (χ4n) is 4.38. The van der Waals surface area contributed by atoms with Gasteiger partial charge in [-0.05, 0) is 66.5 Å². The van der Waals surface area contributed by atoms with Crippen LogP contribution in [-0.2, 0) is 0 Å². The monoisotopic (exact) mass is 361 g/mol. The maximum atomic E-state index is 6.07. The first-order chi connectivity index (χ1) is 13.1. The fourth-order valence-corrected chi connectivity index (χ4v) is 4.38. The van der Waals surface area contributed by atoms with Gasteiger partial charge in [0.2, 0.25) is 0 Å². The number of rotatable bonds is 5. The van der Waals surface area contributed by atoms with E-state index in [-0.39, 0.29) is 6.10 Å². The van der Waals surface area contributed by atoms with E-state index < -0.39 is 0 Å². The summed E-state index contributed by atoms with van der Waals surface area (Å²) in [5.74, 6) is 2.60. The Morgan fingerprint density at radius 3 is 2.56 bits per heavy atom. The summed E-state index contributed by atoms with van der Waals surface area (Å²) in [6.07, 6.45) is 7.15. The predicted octanol–water partition coefficient (Wildman–Crippen LogP) is 6.81. The van der Waals surface area contributed by atoms with Crippen molar-refractivity contribution in [2.75, 3.05) is 5.32 Å². The van der Waals surface area contributed by atoms with Crippen LogP contribution in [0.5, 0.6) is 5.75 Å². The number of anilines is 1. The van der Waals surface area contributed by atoms with Gasteiger partial charge in [0.05, 0.1) is 12.1 Å². The molecule has 0 saturated heterocycles. The van der Waals surface area contributed by atoms with Crippen molar-refractivity contribution >= 4 is 5.69 Å². The molecule has 1 aliphatic carbocycles. The smallest absolute Gasteiger partial charge is 0.120 e. The van der Waals surface area contributed by atoms with Crippen LogP contribution in [0.1, 0.15) is 75.1 Å². The van der Waals surface area contributed by atoms with Gasteiger partial charge in [-0.3, -0.25) is 0 Å². The normalized spacial score (nSPS) is 24.3. The summed E-state index contributed by atoms with van der Waals surface area (Å²) in [5.41, 5.74) is 5.42. The third-order valence-electron chi connectivity index (χ3n) is 6.21.